The van der Waals surface area contributed by atoms with E-state index in [9.17, 15) is 8.42 Å². The molecule has 1 aromatic rings. The molecule has 3 heteroatoms. The van der Waals surface area contributed by atoms with Crippen molar-refractivity contribution in [3.05, 3.63) is 42.8 Å². The van der Waals surface area contributed by atoms with E-state index in [0.29, 0.717) is 12.8 Å². The van der Waals surface area contributed by atoms with Crippen LogP contribution in [0.5, 0.6) is 0 Å². The molecule has 0 N–H and O–H groups in total. The Hall–Kier alpha value is -0.830. The van der Waals surface area contributed by atoms with E-state index in [1.54, 1.807) is 0 Å². The predicted octanol–water partition coefficient (Wildman–Crippen LogP) is 1.43. The summed E-state index contributed by atoms with van der Waals surface area (Å²) in [5, 5.41) is -0.322. The Labute approximate surface area is 80.5 Å². The Balaban J connectivity index is 2.68. The van der Waals surface area contributed by atoms with Crippen molar-refractivity contribution in [3.63, 3.8) is 0 Å². The first-order chi connectivity index (χ1) is 6.24. The van der Waals surface area contributed by atoms with E-state index in [1.165, 1.54) is 0 Å². The van der Waals surface area contributed by atoms with Crippen molar-refractivity contribution < 1.29 is 8.42 Å². The van der Waals surface area contributed by atoms with Gasteiger partial charge in [0.1, 0.15) is 10.7 Å². The quantitative estimate of drug-likeness (QED) is 0.741. The van der Waals surface area contributed by atoms with Gasteiger partial charge < -0.3 is 0 Å². The van der Waals surface area contributed by atoms with Crippen LogP contribution in [0.2, 0.25) is 0 Å². The summed E-state index contributed by atoms with van der Waals surface area (Å²) in [7, 11) is -2.35. The minimum absolute atomic E-state index is 0.322. The normalized spacial score (nSPS) is 13.1. The molecule has 0 spiro atoms. The zero-order valence-corrected chi connectivity index (χ0v) is 8.24. The first-order valence-electron chi connectivity index (χ1n) is 4.20. The van der Waals surface area contributed by atoms with Crippen molar-refractivity contribution in [3.8, 4) is 0 Å². The van der Waals surface area contributed by atoms with Crippen LogP contribution in [0.4, 0.5) is 0 Å². The van der Waals surface area contributed by atoms with Crippen molar-refractivity contribution in [2.75, 3.05) is 0 Å². The monoisotopic (exact) mass is 197 g/mol. The predicted molar refractivity (Wildman–Crippen MR) is 54.2 cm³/mol. The van der Waals surface area contributed by atoms with E-state index in [2.05, 4.69) is 6.92 Å². The smallest absolute Gasteiger partial charge is 0.143 e. The van der Waals surface area contributed by atoms with Gasteiger partial charge in [0.05, 0.1) is 5.25 Å². The van der Waals surface area contributed by atoms with E-state index >= 15 is 0 Å². The molecule has 0 bridgehead atoms. The Bertz CT molecular complexity index is 309. The van der Waals surface area contributed by atoms with E-state index in [0.717, 1.165) is 5.56 Å². The van der Waals surface area contributed by atoms with Crippen LogP contribution in [0.3, 0.4) is 0 Å². The highest BCUT2D eigenvalue weighted by atomic mass is 32.2. The molecule has 71 valence electrons. The zero-order chi connectivity index (χ0) is 9.68. The largest absolute Gasteiger partial charge is 0.232 e. The highest BCUT2D eigenvalue weighted by molar-refractivity contribution is 7.73. The maximum Gasteiger partial charge on any atom is 0.143 e. The van der Waals surface area contributed by atoms with Crippen molar-refractivity contribution in [1.82, 2.24) is 0 Å². The van der Waals surface area contributed by atoms with Crippen LogP contribution in [0.15, 0.2) is 30.3 Å². The van der Waals surface area contributed by atoms with Gasteiger partial charge in [-0.05, 0) is 18.4 Å². The fraction of sp³-hybridized carbons (Fsp3) is 0.300. The van der Waals surface area contributed by atoms with E-state index in [-0.39, 0.29) is 5.25 Å². The summed E-state index contributed by atoms with van der Waals surface area (Å²) in [6.07, 6.45) is 1.01. The molecule has 0 aliphatic heterocycles. The highest BCUT2D eigenvalue weighted by Crippen LogP contribution is 2.07. The second-order valence-corrected chi connectivity index (χ2v) is 4.22. The molecule has 13 heavy (non-hydrogen) atoms. The second kappa shape index (κ2) is 5.02. The molecule has 0 aliphatic rings. The number of thiol groups is 1. The molecule has 2 nitrogen and oxygen atoms in total. The van der Waals surface area contributed by atoms with Crippen LogP contribution in [-0.4, -0.2) is 13.7 Å². The minimum Gasteiger partial charge on any atom is -0.232 e. The molecule has 1 aromatic carbocycles. The SMILES string of the molecule is [CH2]CC(Cc1ccccc1)[SH](=O)=O. The molecule has 0 saturated carbocycles. The number of benzene rings is 1. The van der Waals surface area contributed by atoms with Crippen molar-refractivity contribution in [2.24, 2.45) is 0 Å². The molecular weight excluding hydrogens is 184 g/mol. The third kappa shape index (κ3) is 3.19. The standard InChI is InChI=1S/C10H13O2S/c1-2-10(13(11)12)8-9-6-4-3-5-7-9/h3-7,10,13H,1-2,8H2. The molecule has 0 fully saturated rings. The first-order valence-corrected chi connectivity index (χ1v) is 5.45. The molecule has 0 aliphatic carbocycles. The number of rotatable bonds is 4. The summed E-state index contributed by atoms with van der Waals surface area (Å²) in [4.78, 5) is 0. The molecule has 0 aromatic heterocycles. The third-order valence-corrected chi connectivity index (χ3v) is 2.98. The van der Waals surface area contributed by atoms with Crippen LogP contribution in [0, 0.1) is 6.92 Å². The summed E-state index contributed by atoms with van der Waals surface area (Å²) in [5.41, 5.74) is 1.05. The van der Waals surface area contributed by atoms with Gasteiger partial charge in [0.2, 0.25) is 0 Å². The molecule has 0 heterocycles. The maximum absolute atomic E-state index is 10.7. The van der Waals surface area contributed by atoms with Gasteiger partial charge in [0.25, 0.3) is 0 Å². The van der Waals surface area contributed by atoms with Gasteiger partial charge >= 0.3 is 0 Å². The van der Waals surface area contributed by atoms with Gasteiger partial charge in [-0.1, -0.05) is 37.3 Å². The maximum atomic E-state index is 10.7. The molecule has 1 unspecified atom stereocenters. The molecule has 1 rings (SSSR count). The summed E-state index contributed by atoms with van der Waals surface area (Å²) in [6, 6.07) is 9.60. The lowest BCUT2D eigenvalue weighted by Gasteiger charge is -2.06. The number of hydrogen-bond donors (Lipinski definition) is 1. The number of hydrogen-bond acceptors (Lipinski definition) is 2. The molecule has 1 radical (unpaired) electrons. The van der Waals surface area contributed by atoms with Gasteiger partial charge in [-0.2, -0.15) is 0 Å². The molecule has 1 atom stereocenters. The van der Waals surface area contributed by atoms with Gasteiger partial charge in [-0.15, -0.1) is 0 Å². The Morgan fingerprint density at radius 1 is 1.23 bits per heavy atom. The zero-order valence-electron chi connectivity index (χ0n) is 7.35. The second-order valence-electron chi connectivity index (χ2n) is 2.92. The summed E-state index contributed by atoms with van der Waals surface area (Å²) >= 11 is 0. The summed E-state index contributed by atoms with van der Waals surface area (Å²) < 4.78 is 21.5. The average molecular weight is 197 g/mol. The Morgan fingerprint density at radius 2 is 1.85 bits per heavy atom. The summed E-state index contributed by atoms with van der Waals surface area (Å²) in [5.74, 6) is 0. The van der Waals surface area contributed by atoms with Crippen LogP contribution in [-0.2, 0) is 17.1 Å². The lowest BCUT2D eigenvalue weighted by molar-refractivity contribution is 0.597. The Kier molecular flexibility index (Phi) is 3.96. The van der Waals surface area contributed by atoms with Crippen LogP contribution in [0.25, 0.3) is 0 Å². The van der Waals surface area contributed by atoms with Crippen LogP contribution < -0.4 is 0 Å². The van der Waals surface area contributed by atoms with E-state index in [4.69, 9.17) is 0 Å². The van der Waals surface area contributed by atoms with Crippen molar-refractivity contribution >= 4 is 10.7 Å². The highest BCUT2D eigenvalue weighted by Gasteiger charge is 2.08. The van der Waals surface area contributed by atoms with Crippen molar-refractivity contribution in [1.29, 1.82) is 0 Å². The van der Waals surface area contributed by atoms with Gasteiger partial charge in [0, 0.05) is 0 Å². The molecule has 0 saturated heterocycles. The molecular formula is C10H13O2S. The van der Waals surface area contributed by atoms with Crippen LogP contribution >= 0.6 is 0 Å². The fourth-order valence-electron chi connectivity index (χ4n) is 1.17. The van der Waals surface area contributed by atoms with E-state index in [1.807, 2.05) is 30.3 Å². The van der Waals surface area contributed by atoms with Crippen molar-refractivity contribution in [2.45, 2.75) is 18.1 Å². The third-order valence-electron chi connectivity index (χ3n) is 1.95. The lowest BCUT2D eigenvalue weighted by Crippen LogP contribution is -2.11. The van der Waals surface area contributed by atoms with E-state index < -0.39 is 10.7 Å². The van der Waals surface area contributed by atoms with Gasteiger partial charge in [0.15, 0.2) is 0 Å². The lowest BCUT2D eigenvalue weighted by atomic mass is 10.1. The topological polar surface area (TPSA) is 34.1 Å². The van der Waals surface area contributed by atoms with Gasteiger partial charge in [-0.3, -0.25) is 0 Å². The fourth-order valence-corrected chi connectivity index (χ4v) is 1.74. The minimum atomic E-state index is -2.35. The van der Waals surface area contributed by atoms with Crippen LogP contribution in [0.1, 0.15) is 12.0 Å². The Morgan fingerprint density at radius 3 is 2.31 bits per heavy atom. The summed E-state index contributed by atoms with van der Waals surface area (Å²) in [6.45, 7) is 3.62. The average Bonchev–Trinajstić information content (AvgIpc) is 2.15. The van der Waals surface area contributed by atoms with Gasteiger partial charge in [-0.25, -0.2) is 8.42 Å². The first kappa shape index (κ1) is 10.3. The molecule has 0 amide bonds.